The Kier molecular flexibility index (Phi) is 9.25. The van der Waals surface area contributed by atoms with E-state index in [1.807, 2.05) is 24.3 Å². The van der Waals surface area contributed by atoms with Gasteiger partial charge in [0.05, 0.1) is 12.2 Å². The van der Waals surface area contributed by atoms with Crippen LogP contribution in [0.15, 0.2) is 48.5 Å². The third-order valence-corrected chi connectivity index (χ3v) is 4.76. The number of unbranched alkanes of at least 4 members (excludes halogenated alkanes) is 2. The van der Waals surface area contributed by atoms with Crippen LogP contribution in [-0.2, 0) is 6.54 Å². The standard InChI is InChI=1S/C24H26F3N5O4/c1-2-3-4-13-35-19-11-5-16(6-12-19)14-28-21-30-22(32-23(31-21)36-15-24(25,26)27)29-18-9-7-17(8-10-18)20(33)34/h5-12H,2-4,13-15H2,1H3,(H,33,34)(H2,28,29,30,31,32). The number of anilines is 3. The van der Waals surface area contributed by atoms with Gasteiger partial charge < -0.3 is 25.2 Å². The Labute approximate surface area is 205 Å². The summed E-state index contributed by atoms with van der Waals surface area (Å²) in [7, 11) is 0. The lowest BCUT2D eigenvalue weighted by Crippen LogP contribution is -2.21. The van der Waals surface area contributed by atoms with E-state index in [-0.39, 0.29) is 24.0 Å². The zero-order chi connectivity index (χ0) is 26.0. The lowest BCUT2D eigenvalue weighted by atomic mass is 10.2. The summed E-state index contributed by atoms with van der Waals surface area (Å²) < 4.78 is 48.3. The molecule has 0 saturated heterocycles. The minimum absolute atomic E-state index is 0.00766. The predicted octanol–water partition coefficient (Wildman–Crippen LogP) is 5.44. The minimum atomic E-state index is -4.57. The summed E-state index contributed by atoms with van der Waals surface area (Å²) in [6.07, 6.45) is -1.37. The molecule has 2 aromatic carbocycles. The number of ether oxygens (including phenoxy) is 2. The molecule has 0 atom stereocenters. The molecule has 36 heavy (non-hydrogen) atoms. The molecular formula is C24H26F3N5O4. The third-order valence-electron chi connectivity index (χ3n) is 4.76. The van der Waals surface area contributed by atoms with Gasteiger partial charge in [0.15, 0.2) is 6.61 Å². The molecule has 3 rings (SSSR count). The second kappa shape index (κ2) is 12.6. The number of nitrogens with zero attached hydrogens (tertiary/aromatic N) is 3. The van der Waals surface area contributed by atoms with Gasteiger partial charge in [-0.1, -0.05) is 31.9 Å². The summed E-state index contributed by atoms with van der Waals surface area (Å²) in [6, 6.07) is 12.5. The molecule has 0 radical (unpaired) electrons. The summed E-state index contributed by atoms with van der Waals surface area (Å²) in [5, 5.41) is 14.8. The Morgan fingerprint density at radius 2 is 1.64 bits per heavy atom. The highest BCUT2D eigenvalue weighted by Gasteiger charge is 2.29. The Hall–Kier alpha value is -4.09. The average Bonchev–Trinajstić information content (AvgIpc) is 2.85. The summed E-state index contributed by atoms with van der Waals surface area (Å²) in [6.45, 7) is 1.48. The van der Waals surface area contributed by atoms with Crippen molar-refractivity contribution in [2.24, 2.45) is 0 Å². The fraction of sp³-hybridized carbons (Fsp3) is 0.333. The highest BCUT2D eigenvalue weighted by Crippen LogP contribution is 2.21. The Bertz CT molecular complexity index is 1130. The number of carboxylic acids is 1. The molecule has 0 aliphatic rings. The van der Waals surface area contributed by atoms with Crippen molar-refractivity contribution in [3.63, 3.8) is 0 Å². The SMILES string of the molecule is CCCCCOc1ccc(CNc2nc(Nc3ccc(C(=O)O)cc3)nc(OCC(F)(F)F)n2)cc1. The van der Waals surface area contributed by atoms with Crippen LogP contribution >= 0.6 is 0 Å². The van der Waals surface area contributed by atoms with Crippen LogP contribution in [0.3, 0.4) is 0 Å². The molecule has 0 amide bonds. The first-order valence-corrected chi connectivity index (χ1v) is 11.2. The normalized spacial score (nSPS) is 11.1. The number of hydrogen-bond donors (Lipinski definition) is 3. The number of aromatic nitrogens is 3. The first-order valence-electron chi connectivity index (χ1n) is 11.2. The molecule has 1 heterocycles. The van der Waals surface area contributed by atoms with Crippen molar-refractivity contribution in [2.75, 3.05) is 23.8 Å². The van der Waals surface area contributed by atoms with E-state index in [4.69, 9.17) is 14.6 Å². The maximum atomic E-state index is 12.6. The van der Waals surface area contributed by atoms with E-state index in [9.17, 15) is 18.0 Å². The van der Waals surface area contributed by atoms with Crippen LogP contribution in [0.4, 0.5) is 30.8 Å². The molecule has 0 unspecified atom stereocenters. The minimum Gasteiger partial charge on any atom is -0.494 e. The van der Waals surface area contributed by atoms with Gasteiger partial charge in [0.25, 0.3) is 0 Å². The molecule has 3 aromatic rings. The molecule has 0 spiro atoms. The Morgan fingerprint density at radius 3 is 2.28 bits per heavy atom. The van der Waals surface area contributed by atoms with Crippen molar-refractivity contribution < 1.29 is 32.5 Å². The maximum Gasteiger partial charge on any atom is 0.422 e. The van der Waals surface area contributed by atoms with Crippen molar-refractivity contribution in [2.45, 2.75) is 38.9 Å². The quantitative estimate of drug-likeness (QED) is 0.261. The van der Waals surface area contributed by atoms with Gasteiger partial charge in [0, 0.05) is 12.2 Å². The van der Waals surface area contributed by atoms with E-state index in [2.05, 4.69) is 32.5 Å². The van der Waals surface area contributed by atoms with E-state index >= 15 is 0 Å². The zero-order valence-electron chi connectivity index (χ0n) is 19.5. The number of aromatic carboxylic acids is 1. The van der Waals surface area contributed by atoms with Crippen molar-refractivity contribution in [1.82, 2.24) is 15.0 Å². The van der Waals surface area contributed by atoms with E-state index in [1.54, 1.807) is 0 Å². The Morgan fingerprint density at radius 1 is 0.944 bits per heavy atom. The van der Waals surface area contributed by atoms with Gasteiger partial charge in [-0.3, -0.25) is 0 Å². The zero-order valence-corrected chi connectivity index (χ0v) is 19.5. The first-order chi connectivity index (χ1) is 17.2. The number of halogens is 3. The maximum absolute atomic E-state index is 12.6. The van der Waals surface area contributed by atoms with Gasteiger partial charge in [-0.25, -0.2) is 4.79 Å². The number of carbonyl (C=O) groups is 1. The van der Waals surface area contributed by atoms with Crippen molar-refractivity contribution in [3.8, 4) is 11.8 Å². The molecule has 0 bridgehead atoms. The smallest absolute Gasteiger partial charge is 0.422 e. The van der Waals surface area contributed by atoms with Crippen LogP contribution in [0.1, 0.15) is 42.1 Å². The van der Waals surface area contributed by atoms with Gasteiger partial charge >= 0.3 is 18.2 Å². The van der Waals surface area contributed by atoms with Crippen LogP contribution in [0, 0.1) is 0 Å². The number of rotatable bonds is 13. The van der Waals surface area contributed by atoms with Crippen LogP contribution in [0.25, 0.3) is 0 Å². The largest absolute Gasteiger partial charge is 0.494 e. The van der Waals surface area contributed by atoms with Crippen molar-refractivity contribution >= 4 is 23.6 Å². The van der Waals surface area contributed by atoms with E-state index in [0.717, 1.165) is 30.6 Å². The van der Waals surface area contributed by atoms with Gasteiger partial charge in [0.2, 0.25) is 11.9 Å². The number of alkyl halides is 3. The fourth-order valence-electron chi connectivity index (χ4n) is 2.95. The molecule has 1 aromatic heterocycles. The monoisotopic (exact) mass is 505 g/mol. The van der Waals surface area contributed by atoms with Gasteiger partial charge in [-0.2, -0.15) is 28.1 Å². The predicted molar refractivity (Wildman–Crippen MR) is 127 cm³/mol. The van der Waals surface area contributed by atoms with Gasteiger partial charge in [0.1, 0.15) is 5.75 Å². The van der Waals surface area contributed by atoms with Crippen LogP contribution in [0.2, 0.25) is 0 Å². The van der Waals surface area contributed by atoms with Crippen LogP contribution in [0.5, 0.6) is 11.8 Å². The number of benzene rings is 2. The first kappa shape index (κ1) is 26.5. The lowest BCUT2D eigenvalue weighted by molar-refractivity contribution is -0.154. The van der Waals surface area contributed by atoms with Gasteiger partial charge in [-0.05, 0) is 48.4 Å². The molecular weight excluding hydrogens is 479 g/mol. The lowest BCUT2D eigenvalue weighted by Gasteiger charge is -2.12. The topological polar surface area (TPSA) is 118 Å². The summed E-state index contributed by atoms with van der Waals surface area (Å²) in [4.78, 5) is 23.0. The number of nitrogens with one attached hydrogen (secondary N) is 2. The molecule has 12 heteroatoms. The highest BCUT2D eigenvalue weighted by atomic mass is 19.4. The summed E-state index contributed by atoms with van der Waals surface area (Å²) in [5.74, 6) is -0.430. The van der Waals surface area contributed by atoms with Crippen molar-refractivity contribution in [1.29, 1.82) is 0 Å². The van der Waals surface area contributed by atoms with E-state index in [1.165, 1.54) is 24.3 Å². The molecule has 0 saturated carbocycles. The number of carboxylic acid groups (broad SMARTS) is 1. The second-order valence-electron chi connectivity index (χ2n) is 7.73. The third kappa shape index (κ3) is 8.93. The van der Waals surface area contributed by atoms with E-state index < -0.39 is 24.8 Å². The molecule has 9 nitrogen and oxygen atoms in total. The average molecular weight is 505 g/mol. The molecule has 192 valence electrons. The fourth-order valence-corrected chi connectivity index (χ4v) is 2.95. The van der Waals surface area contributed by atoms with Crippen molar-refractivity contribution in [3.05, 3.63) is 59.7 Å². The molecule has 0 aliphatic carbocycles. The van der Waals surface area contributed by atoms with Crippen LogP contribution in [-0.4, -0.2) is 45.4 Å². The summed E-state index contributed by atoms with van der Waals surface area (Å²) in [5.41, 5.74) is 1.37. The molecule has 0 fully saturated rings. The van der Waals surface area contributed by atoms with Gasteiger partial charge in [-0.15, -0.1) is 0 Å². The molecule has 3 N–H and O–H groups in total. The highest BCUT2D eigenvalue weighted by molar-refractivity contribution is 5.88. The summed E-state index contributed by atoms with van der Waals surface area (Å²) >= 11 is 0. The number of hydrogen-bond acceptors (Lipinski definition) is 8. The molecule has 0 aliphatic heterocycles. The Balaban J connectivity index is 1.69. The second-order valence-corrected chi connectivity index (χ2v) is 7.73. The van der Waals surface area contributed by atoms with Crippen LogP contribution < -0.4 is 20.1 Å². The van der Waals surface area contributed by atoms with E-state index in [0.29, 0.717) is 12.3 Å².